The average molecular weight is 403 g/mol. The van der Waals surface area contributed by atoms with Crippen LogP contribution in [0.25, 0.3) is 16.6 Å². The second-order valence-corrected chi connectivity index (χ2v) is 6.80. The number of hydrogen-bond donors (Lipinski definition) is 2. The molecule has 2 heterocycles. The Kier molecular flexibility index (Phi) is 5.05. The summed E-state index contributed by atoms with van der Waals surface area (Å²) in [4.78, 5) is 42.3. The number of fused-ring (bicyclic) bond motifs is 3. The molecule has 4 rings (SSSR count). The number of para-hydroxylation sites is 1. The van der Waals surface area contributed by atoms with Crippen molar-refractivity contribution in [3.8, 4) is 0 Å². The molecule has 8 heteroatoms. The molecular formula is C22H21N5O3. The number of nitrogens with zero attached hydrogens (tertiary/aromatic N) is 3. The number of rotatable bonds is 5. The third kappa shape index (κ3) is 3.32. The van der Waals surface area contributed by atoms with Gasteiger partial charge in [0.15, 0.2) is 0 Å². The van der Waals surface area contributed by atoms with Gasteiger partial charge in [-0.25, -0.2) is 4.52 Å². The summed E-state index contributed by atoms with van der Waals surface area (Å²) in [6, 6.07) is 13.8. The maximum absolute atomic E-state index is 12.9. The lowest BCUT2D eigenvalue weighted by atomic mass is 10.1. The summed E-state index contributed by atoms with van der Waals surface area (Å²) < 4.78 is 1.53. The van der Waals surface area contributed by atoms with E-state index in [0.29, 0.717) is 40.9 Å². The summed E-state index contributed by atoms with van der Waals surface area (Å²) in [6.45, 7) is 5.05. The van der Waals surface area contributed by atoms with Gasteiger partial charge in [-0.2, -0.15) is 5.10 Å². The zero-order valence-electron chi connectivity index (χ0n) is 16.7. The fourth-order valence-electron chi connectivity index (χ4n) is 3.46. The molecule has 0 spiro atoms. The third-order valence-corrected chi connectivity index (χ3v) is 5.04. The first-order chi connectivity index (χ1) is 14.5. The highest BCUT2D eigenvalue weighted by atomic mass is 16.2. The summed E-state index contributed by atoms with van der Waals surface area (Å²) in [5.41, 5.74) is 1.85. The number of benzene rings is 2. The Bertz CT molecular complexity index is 1320. The summed E-state index contributed by atoms with van der Waals surface area (Å²) in [6.07, 6.45) is 1.41. The highest BCUT2D eigenvalue weighted by Crippen LogP contribution is 2.17. The van der Waals surface area contributed by atoms with E-state index in [0.717, 1.165) is 0 Å². The zero-order valence-corrected chi connectivity index (χ0v) is 16.7. The lowest BCUT2D eigenvalue weighted by Crippen LogP contribution is -2.30. The van der Waals surface area contributed by atoms with Gasteiger partial charge in [0.25, 0.3) is 17.4 Å². The van der Waals surface area contributed by atoms with Gasteiger partial charge in [-0.05, 0) is 44.2 Å². The van der Waals surface area contributed by atoms with Crippen molar-refractivity contribution in [3.63, 3.8) is 0 Å². The smallest absolute Gasteiger partial charge is 0.261 e. The first-order valence-corrected chi connectivity index (χ1v) is 9.73. The van der Waals surface area contributed by atoms with Crippen LogP contribution in [0.3, 0.4) is 0 Å². The number of amides is 2. The molecule has 8 nitrogen and oxygen atoms in total. The monoisotopic (exact) mass is 403 g/mol. The van der Waals surface area contributed by atoms with Crippen LogP contribution in [0.5, 0.6) is 0 Å². The van der Waals surface area contributed by atoms with Crippen LogP contribution in [-0.2, 0) is 0 Å². The first-order valence-electron chi connectivity index (χ1n) is 9.73. The van der Waals surface area contributed by atoms with Crippen molar-refractivity contribution >= 4 is 34.1 Å². The van der Waals surface area contributed by atoms with E-state index in [-0.39, 0.29) is 17.0 Å². The van der Waals surface area contributed by atoms with Gasteiger partial charge >= 0.3 is 0 Å². The van der Waals surface area contributed by atoms with Crippen LogP contribution in [0.15, 0.2) is 59.5 Å². The first kappa shape index (κ1) is 19.4. The average Bonchev–Trinajstić information content (AvgIpc) is 3.19. The Balaban J connectivity index is 1.67. The van der Waals surface area contributed by atoms with Crippen LogP contribution < -0.4 is 10.9 Å². The topological polar surface area (TPSA) is 99.6 Å². The molecule has 152 valence electrons. The van der Waals surface area contributed by atoms with Gasteiger partial charge in [-0.15, -0.1) is 0 Å². The standard InChI is InChI=1S/C22H21N5O3/c1-3-26(4-2)22(30)14-8-7-9-15(12-14)24-21(29)17-13-23-27-18-11-6-5-10-16(18)20(28)25-19(17)27/h5-13H,3-4H2,1-2H3,(H,24,29)(H,25,28). The van der Waals surface area contributed by atoms with Gasteiger partial charge in [0, 0.05) is 24.3 Å². The van der Waals surface area contributed by atoms with Crippen molar-refractivity contribution in [1.29, 1.82) is 0 Å². The number of H-pyrrole nitrogens is 1. The van der Waals surface area contributed by atoms with Crippen molar-refractivity contribution in [3.05, 3.63) is 76.2 Å². The van der Waals surface area contributed by atoms with Gasteiger partial charge < -0.3 is 15.2 Å². The maximum atomic E-state index is 12.9. The van der Waals surface area contributed by atoms with E-state index in [4.69, 9.17) is 0 Å². The predicted molar refractivity (Wildman–Crippen MR) is 115 cm³/mol. The van der Waals surface area contributed by atoms with Crippen LogP contribution >= 0.6 is 0 Å². The van der Waals surface area contributed by atoms with Crippen LogP contribution in [-0.4, -0.2) is 44.4 Å². The number of carbonyl (C=O) groups excluding carboxylic acids is 2. The number of nitrogens with one attached hydrogen (secondary N) is 2. The van der Waals surface area contributed by atoms with Gasteiger partial charge in [0.05, 0.1) is 17.1 Å². The fraction of sp³-hybridized carbons (Fsp3) is 0.182. The van der Waals surface area contributed by atoms with E-state index in [9.17, 15) is 14.4 Å². The van der Waals surface area contributed by atoms with Crippen LogP contribution in [0.4, 0.5) is 5.69 Å². The molecule has 0 aliphatic carbocycles. The molecule has 0 radical (unpaired) electrons. The molecule has 2 amide bonds. The van der Waals surface area contributed by atoms with E-state index in [2.05, 4.69) is 15.4 Å². The number of carbonyl (C=O) groups is 2. The Morgan fingerprint density at radius 1 is 1.10 bits per heavy atom. The second-order valence-electron chi connectivity index (χ2n) is 6.80. The Hall–Kier alpha value is -3.94. The number of aromatic amines is 1. The summed E-state index contributed by atoms with van der Waals surface area (Å²) in [7, 11) is 0. The van der Waals surface area contributed by atoms with Crippen molar-refractivity contribution in [2.45, 2.75) is 13.8 Å². The third-order valence-electron chi connectivity index (χ3n) is 5.04. The van der Waals surface area contributed by atoms with Gasteiger partial charge in [-0.1, -0.05) is 18.2 Å². The molecule has 4 aromatic rings. The normalized spacial score (nSPS) is 11.0. The Labute approximate surface area is 172 Å². The Morgan fingerprint density at radius 2 is 1.87 bits per heavy atom. The molecule has 0 saturated carbocycles. The predicted octanol–water partition coefficient (Wildman–Crippen LogP) is 2.91. The number of hydrogen-bond acceptors (Lipinski definition) is 4. The molecular weight excluding hydrogens is 382 g/mol. The van der Waals surface area contributed by atoms with Gasteiger partial charge in [0.1, 0.15) is 11.2 Å². The minimum atomic E-state index is -0.427. The van der Waals surface area contributed by atoms with Gasteiger partial charge in [-0.3, -0.25) is 14.4 Å². The van der Waals surface area contributed by atoms with E-state index in [1.165, 1.54) is 10.7 Å². The van der Waals surface area contributed by atoms with Crippen molar-refractivity contribution in [2.75, 3.05) is 18.4 Å². The Morgan fingerprint density at radius 3 is 2.63 bits per heavy atom. The second kappa shape index (κ2) is 7.82. The highest BCUT2D eigenvalue weighted by molar-refractivity contribution is 6.09. The zero-order chi connectivity index (χ0) is 21.3. The van der Waals surface area contributed by atoms with E-state index >= 15 is 0 Å². The van der Waals surface area contributed by atoms with E-state index in [1.54, 1.807) is 53.4 Å². The maximum Gasteiger partial charge on any atom is 0.261 e. The van der Waals surface area contributed by atoms with E-state index < -0.39 is 5.91 Å². The van der Waals surface area contributed by atoms with Gasteiger partial charge in [0.2, 0.25) is 0 Å². The fourth-order valence-corrected chi connectivity index (χ4v) is 3.46. The molecule has 0 bridgehead atoms. The lowest BCUT2D eigenvalue weighted by Gasteiger charge is -2.19. The summed E-state index contributed by atoms with van der Waals surface area (Å²) in [5.74, 6) is -0.522. The minimum Gasteiger partial charge on any atom is -0.339 e. The molecule has 2 aromatic heterocycles. The molecule has 2 N–H and O–H groups in total. The minimum absolute atomic E-state index is 0.0946. The van der Waals surface area contributed by atoms with Crippen molar-refractivity contribution in [1.82, 2.24) is 19.5 Å². The van der Waals surface area contributed by atoms with Crippen LogP contribution in [0.1, 0.15) is 34.6 Å². The van der Waals surface area contributed by atoms with E-state index in [1.807, 2.05) is 13.8 Å². The molecule has 0 fully saturated rings. The molecule has 0 aliphatic heterocycles. The SMILES string of the molecule is CCN(CC)C(=O)c1cccc(NC(=O)c2cnn3c2[nH]c(=O)c2ccccc23)c1. The number of anilines is 1. The quantitative estimate of drug-likeness (QED) is 0.535. The number of aromatic nitrogens is 3. The lowest BCUT2D eigenvalue weighted by molar-refractivity contribution is 0.0772. The molecule has 0 unspecified atom stereocenters. The largest absolute Gasteiger partial charge is 0.339 e. The molecule has 30 heavy (non-hydrogen) atoms. The highest BCUT2D eigenvalue weighted by Gasteiger charge is 2.18. The summed E-state index contributed by atoms with van der Waals surface area (Å²) in [5, 5.41) is 7.54. The summed E-state index contributed by atoms with van der Waals surface area (Å²) >= 11 is 0. The van der Waals surface area contributed by atoms with Crippen LogP contribution in [0, 0.1) is 0 Å². The molecule has 0 saturated heterocycles. The van der Waals surface area contributed by atoms with Crippen molar-refractivity contribution in [2.24, 2.45) is 0 Å². The van der Waals surface area contributed by atoms with Crippen molar-refractivity contribution < 1.29 is 9.59 Å². The van der Waals surface area contributed by atoms with Crippen LogP contribution in [0.2, 0.25) is 0 Å². The molecule has 2 aromatic carbocycles. The molecule has 0 atom stereocenters. The molecule has 0 aliphatic rings.